The Morgan fingerprint density at radius 1 is 0.564 bits per heavy atom. The molecule has 0 aromatic rings. The summed E-state index contributed by atoms with van der Waals surface area (Å²) < 4.78 is 32.6. The lowest BCUT2D eigenvalue weighted by Crippen LogP contribution is -2.29. The number of allylic oxidation sites excluding steroid dienone is 14. The standard InChI is InChI=1S/C45H76NO8P/c1-3-5-7-9-11-13-15-17-19-20-21-22-24-26-28-30-32-34-36-38-45(48)54-43(42-53-55(49,50)52-40-39-46)41-51-44(47)37-35-33-31-29-27-25-23-18-16-14-12-10-8-6-4-2/h5,7,11,13,17-19,21-23,26,28,32,34,43H,3-4,6,8-10,12,14-16,20,24-25,27,29-31,33,35-42,46H2,1-2H3,(H,49,50)/t43-/m1/s1. The van der Waals surface area contributed by atoms with Crippen molar-refractivity contribution in [2.45, 2.75) is 161 Å². The van der Waals surface area contributed by atoms with Crippen LogP contribution in [0.1, 0.15) is 155 Å². The Kier molecular flexibility index (Phi) is 38.8. The molecule has 0 rings (SSSR count). The number of carbonyl (C=O) groups is 2. The van der Waals surface area contributed by atoms with Crippen LogP contribution in [0, 0.1) is 0 Å². The van der Waals surface area contributed by atoms with Crippen LogP contribution in [-0.2, 0) is 32.7 Å². The highest BCUT2D eigenvalue weighted by atomic mass is 31.2. The SMILES string of the molecule is CCC=CCC=CCC=CCC=CCC=CCC=CCCC(=O)O[C@H](COC(=O)CCCCCCCC=CCCCCCCCC)COP(=O)(O)OCCN. The molecule has 55 heavy (non-hydrogen) atoms. The van der Waals surface area contributed by atoms with Crippen LogP contribution in [0.4, 0.5) is 0 Å². The Labute approximate surface area is 334 Å². The molecular weight excluding hydrogens is 713 g/mol. The van der Waals surface area contributed by atoms with Crippen molar-refractivity contribution >= 4 is 19.8 Å². The highest BCUT2D eigenvalue weighted by Crippen LogP contribution is 2.43. The Balaban J connectivity index is 4.34. The van der Waals surface area contributed by atoms with E-state index in [1.54, 1.807) is 0 Å². The molecule has 0 aliphatic heterocycles. The summed E-state index contributed by atoms with van der Waals surface area (Å²) in [7, 11) is -4.40. The van der Waals surface area contributed by atoms with E-state index in [9.17, 15) is 19.0 Å². The van der Waals surface area contributed by atoms with E-state index in [2.05, 4.69) is 86.8 Å². The van der Waals surface area contributed by atoms with Crippen LogP contribution in [0.2, 0.25) is 0 Å². The molecule has 0 aromatic heterocycles. The van der Waals surface area contributed by atoms with E-state index in [4.69, 9.17) is 24.3 Å². The summed E-state index contributed by atoms with van der Waals surface area (Å²) in [6, 6.07) is 0. The predicted octanol–water partition coefficient (Wildman–Crippen LogP) is 12.0. The zero-order valence-electron chi connectivity index (χ0n) is 34.4. The summed E-state index contributed by atoms with van der Waals surface area (Å²) in [6.45, 7) is 3.49. The normalized spacial score (nSPS) is 14.2. The average molecular weight is 790 g/mol. The van der Waals surface area contributed by atoms with Gasteiger partial charge >= 0.3 is 19.8 Å². The van der Waals surface area contributed by atoms with Gasteiger partial charge in [-0.25, -0.2) is 4.57 Å². The molecule has 2 atom stereocenters. The van der Waals surface area contributed by atoms with Crippen molar-refractivity contribution in [3.8, 4) is 0 Å². The molecule has 9 nitrogen and oxygen atoms in total. The second-order valence-corrected chi connectivity index (χ2v) is 14.9. The number of ether oxygens (including phenoxy) is 2. The highest BCUT2D eigenvalue weighted by Gasteiger charge is 2.25. The molecule has 0 saturated heterocycles. The summed E-state index contributed by atoms with van der Waals surface area (Å²) >= 11 is 0. The molecule has 3 N–H and O–H groups in total. The largest absolute Gasteiger partial charge is 0.472 e. The monoisotopic (exact) mass is 790 g/mol. The Morgan fingerprint density at radius 2 is 1.04 bits per heavy atom. The maximum atomic E-state index is 12.5. The summed E-state index contributed by atoms with van der Waals surface area (Å²) in [5.74, 6) is -0.944. The number of unbranched alkanes of at least 4 members (excludes halogenated alkanes) is 11. The molecule has 0 amide bonds. The first-order valence-electron chi connectivity index (χ1n) is 21.1. The Bertz CT molecular complexity index is 1170. The van der Waals surface area contributed by atoms with Crippen LogP contribution < -0.4 is 5.73 Å². The predicted molar refractivity (Wildman–Crippen MR) is 229 cm³/mol. The molecule has 0 spiro atoms. The maximum absolute atomic E-state index is 12.5. The van der Waals surface area contributed by atoms with Crippen molar-refractivity contribution in [2.24, 2.45) is 5.73 Å². The minimum absolute atomic E-state index is 0.0366. The van der Waals surface area contributed by atoms with Crippen LogP contribution in [-0.4, -0.2) is 49.3 Å². The van der Waals surface area contributed by atoms with Crippen molar-refractivity contribution in [1.29, 1.82) is 0 Å². The van der Waals surface area contributed by atoms with E-state index in [1.807, 2.05) is 12.2 Å². The zero-order valence-corrected chi connectivity index (χ0v) is 35.3. The van der Waals surface area contributed by atoms with Gasteiger partial charge in [0, 0.05) is 19.4 Å². The van der Waals surface area contributed by atoms with Gasteiger partial charge in [0.1, 0.15) is 6.61 Å². The second-order valence-electron chi connectivity index (χ2n) is 13.5. The van der Waals surface area contributed by atoms with Crippen molar-refractivity contribution in [2.75, 3.05) is 26.4 Å². The number of hydrogen-bond donors (Lipinski definition) is 2. The number of carbonyl (C=O) groups excluding carboxylic acids is 2. The fourth-order valence-corrected chi connectivity index (χ4v) is 5.95. The van der Waals surface area contributed by atoms with Gasteiger partial charge in [-0.1, -0.05) is 150 Å². The molecule has 314 valence electrons. The van der Waals surface area contributed by atoms with E-state index >= 15 is 0 Å². The molecule has 1 unspecified atom stereocenters. The van der Waals surface area contributed by atoms with Gasteiger partial charge < -0.3 is 20.1 Å². The number of esters is 2. The van der Waals surface area contributed by atoms with Gasteiger partial charge in [-0.2, -0.15) is 0 Å². The molecule has 0 bridgehead atoms. The third-order valence-electron chi connectivity index (χ3n) is 8.28. The van der Waals surface area contributed by atoms with Gasteiger partial charge in [-0.05, 0) is 77.0 Å². The first-order chi connectivity index (χ1) is 26.8. The van der Waals surface area contributed by atoms with Gasteiger partial charge in [0.2, 0.25) is 0 Å². The molecule has 0 aliphatic rings. The van der Waals surface area contributed by atoms with E-state index < -0.39 is 32.5 Å². The molecule has 0 fully saturated rings. The molecular formula is C45H76NO8P. The minimum Gasteiger partial charge on any atom is -0.462 e. The van der Waals surface area contributed by atoms with E-state index in [-0.39, 0.29) is 32.6 Å². The van der Waals surface area contributed by atoms with Crippen molar-refractivity contribution in [3.05, 3.63) is 85.1 Å². The first-order valence-corrected chi connectivity index (χ1v) is 22.6. The molecule has 0 radical (unpaired) electrons. The lowest BCUT2D eigenvalue weighted by Gasteiger charge is -2.19. The van der Waals surface area contributed by atoms with Crippen LogP contribution >= 0.6 is 7.82 Å². The van der Waals surface area contributed by atoms with Crippen molar-refractivity contribution in [1.82, 2.24) is 0 Å². The summed E-state index contributed by atoms with van der Waals surface area (Å²) in [5, 5.41) is 0. The lowest BCUT2D eigenvalue weighted by molar-refractivity contribution is -0.161. The average Bonchev–Trinajstić information content (AvgIpc) is 3.17. The second kappa shape index (κ2) is 40.8. The molecule has 0 heterocycles. The molecule has 10 heteroatoms. The third kappa shape index (κ3) is 40.7. The number of phosphoric ester groups is 1. The van der Waals surface area contributed by atoms with Gasteiger partial charge in [0.05, 0.1) is 13.2 Å². The molecule has 0 saturated carbocycles. The lowest BCUT2D eigenvalue weighted by atomic mass is 10.1. The number of phosphoric acid groups is 1. The molecule has 0 aromatic carbocycles. The fraction of sp³-hybridized carbons (Fsp3) is 0.644. The van der Waals surface area contributed by atoms with Gasteiger partial charge in [0.25, 0.3) is 0 Å². The Morgan fingerprint density at radius 3 is 1.56 bits per heavy atom. The van der Waals surface area contributed by atoms with E-state index in [1.165, 1.54) is 44.9 Å². The van der Waals surface area contributed by atoms with Crippen molar-refractivity contribution in [3.63, 3.8) is 0 Å². The van der Waals surface area contributed by atoms with Crippen LogP contribution in [0.15, 0.2) is 85.1 Å². The summed E-state index contributed by atoms with van der Waals surface area (Å²) in [6.07, 6.45) is 50.6. The topological polar surface area (TPSA) is 134 Å². The summed E-state index contributed by atoms with van der Waals surface area (Å²) in [4.78, 5) is 34.8. The summed E-state index contributed by atoms with van der Waals surface area (Å²) in [5.41, 5.74) is 5.34. The number of hydrogen-bond acceptors (Lipinski definition) is 8. The zero-order chi connectivity index (χ0) is 40.3. The Hall–Kier alpha value is -2.81. The van der Waals surface area contributed by atoms with Crippen LogP contribution in [0.5, 0.6) is 0 Å². The quantitative estimate of drug-likeness (QED) is 0.0271. The number of nitrogens with two attached hydrogens (primary N) is 1. The molecule has 0 aliphatic carbocycles. The van der Waals surface area contributed by atoms with E-state index in [0.717, 1.165) is 70.6 Å². The van der Waals surface area contributed by atoms with Gasteiger partial charge in [0.15, 0.2) is 6.10 Å². The van der Waals surface area contributed by atoms with Gasteiger partial charge in [-0.3, -0.25) is 18.6 Å². The smallest absolute Gasteiger partial charge is 0.462 e. The highest BCUT2D eigenvalue weighted by molar-refractivity contribution is 7.47. The number of rotatable bonds is 38. The van der Waals surface area contributed by atoms with Crippen molar-refractivity contribution < 1.29 is 37.6 Å². The first kappa shape index (κ1) is 52.2. The third-order valence-corrected chi connectivity index (χ3v) is 9.26. The van der Waals surface area contributed by atoms with Gasteiger partial charge in [-0.15, -0.1) is 0 Å². The van der Waals surface area contributed by atoms with Crippen LogP contribution in [0.3, 0.4) is 0 Å². The minimum atomic E-state index is -4.40. The fourth-order valence-electron chi connectivity index (χ4n) is 5.18. The maximum Gasteiger partial charge on any atom is 0.472 e. The van der Waals surface area contributed by atoms with Crippen LogP contribution in [0.25, 0.3) is 0 Å². The van der Waals surface area contributed by atoms with E-state index in [0.29, 0.717) is 12.8 Å².